The first-order chi connectivity index (χ1) is 10.1. The van der Waals surface area contributed by atoms with Crippen molar-refractivity contribution in [2.24, 2.45) is 7.05 Å². The van der Waals surface area contributed by atoms with Gasteiger partial charge in [-0.1, -0.05) is 0 Å². The average molecular weight is 287 g/mol. The third-order valence-corrected chi connectivity index (χ3v) is 3.11. The minimum atomic E-state index is -0.505. The third kappa shape index (κ3) is 2.27. The summed E-state index contributed by atoms with van der Waals surface area (Å²) < 4.78 is 6.35. The fraction of sp³-hybridized carbons (Fsp3) is 0.154. The van der Waals surface area contributed by atoms with E-state index in [1.807, 2.05) is 12.1 Å². The largest absolute Gasteiger partial charge is 0.497 e. The molecule has 0 spiro atoms. The summed E-state index contributed by atoms with van der Waals surface area (Å²) in [5, 5.41) is 3.03. The van der Waals surface area contributed by atoms with Gasteiger partial charge in [-0.05, 0) is 24.3 Å². The summed E-state index contributed by atoms with van der Waals surface area (Å²) >= 11 is 0. The van der Waals surface area contributed by atoms with Crippen molar-refractivity contribution >= 4 is 22.8 Å². The van der Waals surface area contributed by atoms with Gasteiger partial charge in [-0.25, -0.2) is 4.79 Å². The van der Waals surface area contributed by atoms with Crippen LogP contribution in [0, 0.1) is 0 Å². The van der Waals surface area contributed by atoms with Gasteiger partial charge < -0.3 is 15.0 Å². The van der Waals surface area contributed by atoms with Crippen LogP contribution in [0.4, 0.5) is 11.6 Å². The first-order valence-corrected chi connectivity index (χ1v) is 6.18. The molecule has 3 rings (SSSR count). The number of ether oxygens (including phenoxy) is 1. The first-order valence-electron chi connectivity index (χ1n) is 6.18. The second-order valence-electron chi connectivity index (χ2n) is 4.46. The molecule has 0 unspecified atom stereocenters. The molecular weight excluding hydrogens is 274 g/mol. The molecule has 0 fully saturated rings. The quantitative estimate of drug-likeness (QED) is 0.657. The summed E-state index contributed by atoms with van der Waals surface area (Å²) in [5.41, 5.74) is 0.308. The van der Waals surface area contributed by atoms with E-state index < -0.39 is 11.2 Å². The zero-order chi connectivity index (χ0) is 15.0. The van der Waals surface area contributed by atoms with Gasteiger partial charge in [0, 0.05) is 12.7 Å². The monoisotopic (exact) mass is 287 g/mol. The Hall–Kier alpha value is -3.03. The summed E-state index contributed by atoms with van der Waals surface area (Å²) in [6.07, 6.45) is 0. The normalized spacial score (nSPS) is 10.8. The van der Waals surface area contributed by atoms with Gasteiger partial charge in [0.2, 0.25) is 5.95 Å². The van der Waals surface area contributed by atoms with Crippen molar-refractivity contribution in [3.8, 4) is 5.75 Å². The van der Waals surface area contributed by atoms with Crippen LogP contribution >= 0.6 is 0 Å². The lowest BCUT2D eigenvalue weighted by Crippen LogP contribution is -2.28. The molecule has 2 heterocycles. The maximum Gasteiger partial charge on any atom is 0.329 e. The van der Waals surface area contributed by atoms with E-state index in [4.69, 9.17) is 4.74 Å². The molecule has 1 aromatic carbocycles. The van der Waals surface area contributed by atoms with Gasteiger partial charge in [0.25, 0.3) is 5.56 Å². The fourth-order valence-electron chi connectivity index (χ4n) is 1.98. The van der Waals surface area contributed by atoms with Gasteiger partial charge in [0.1, 0.15) is 5.75 Å². The molecular formula is C13H13N5O3. The Bertz CT molecular complexity index is 904. The van der Waals surface area contributed by atoms with Crippen molar-refractivity contribution in [2.45, 2.75) is 0 Å². The standard InChI is InChI=1S/C13H13N5O3/c1-18-10-9(11(19)17-13(18)20)15-12(16-10)14-7-3-5-8(21-2)6-4-7/h3-6H,1-2H3,(H2,14,15,16)(H,17,19,20). The molecule has 21 heavy (non-hydrogen) atoms. The highest BCUT2D eigenvalue weighted by Crippen LogP contribution is 2.19. The maximum absolute atomic E-state index is 11.7. The Morgan fingerprint density at radius 2 is 1.90 bits per heavy atom. The molecule has 2 aromatic heterocycles. The van der Waals surface area contributed by atoms with Gasteiger partial charge in [-0.3, -0.25) is 14.3 Å². The van der Waals surface area contributed by atoms with Crippen LogP contribution in [-0.4, -0.2) is 26.6 Å². The molecule has 8 nitrogen and oxygen atoms in total. The number of imidazole rings is 1. The molecule has 0 amide bonds. The number of H-pyrrole nitrogens is 2. The number of fused-ring (bicyclic) bond motifs is 1. The number of hydrogen-bond donors (Lipinski definition) is 3. The van der Waals surface area contributed by atoms with Crippen LogP contribution in [0.25, 0.3) is 11.2 Å². The van der Waals surface area contributed by atoms with Gasteiger partial charge in [0.15, 0.2) is 11.2 Å². The first kappa shape index (κ1) is 13.0. The van der Waals surface area contributed by atoms with Crippen LogP contribution in [0.15, 0.2) is 33.9 Å². The van der Waals surface area contributed by atoms with E-state index >= 15 is 0 Å². The number of methoxy groups -OCH3 is 1. The highest BCUT2D eigenvalue weighted by molar-refractivity contribution is 5.74. The van der Waals surface area contributed by atoms with E-state index in [-0.39, 0.29) is 5.52 Å². The highest BCUT2D eigenvalue weighted by atomic mass is 16.5. The Morgan fingerprint density at radius 1 is 1.19 bits per heavy atom. The van der Waals surface area contributed by atoms with Crippen LogP contribution in [0.2, 0.25) is 0 Å². The predicted octanol–water partition coefficient (Wildman–Crippen LogP) is 0.702. The molecule has 0 atom stereocenters. The van der Waals surface area contributed by atoms with Crippen LogP contribution in [0.3, 0.4) is 0 Å². The second kappa shape index (κ2) is 4.82. The third-order valence-electron chi connectivity index (χ3n) is 3.11. The molecule has 0 aliphatic rings. The number of aryl methyl sites for hydroxylation is 1. The van der Waals surface area contributed by atoms with Gasteiger partial charge in [-0.15, -0.1) is 0 Å². The summed E-state index contributed by atoms with van der Waals surface area (Å²) in [5.74, 6) is 1.12. The smallest absolute Gasteiger partial charge is 0.329 e. The molecule has 0 aliphatic heterocycles. The zero-order valence-electron chi connectivity index (χ0n) is 11.4. The molecule has 0 bridgehead atoms. The molecule has 0 saturated heterocycles. The van der Waals surface area contributed by atoms with Crippen molar-refractivity contribution in [3.63, 3.8) is 0 Å². The number of anilines is 2. The van der Waals surface area contributed by atoms with E-state index in [2.05, 4.69) is 20.3 Å². The Balaban J connectivity index is 2.01. The lowest BCUT2D eigenvalue weighted by atomic mass is 10.3. The second-order valence-corrected chi connectivity index (χ2v) is 4.46. The van der Waals surface area contributed by atoms with Gasteiger partial charge in [0.05, 0.1) is 7.11 Å². The van der Waals surface area contributed by atoms with E-state index in [0.29, 0.717) is 11.6 Å². The highest BCUT2D eigenvalue weighted by Gasteiger charge is 2.10. The molecule has 108 valence electrons. The van der Waals surface area contributed by atoms with Crippen molar-refractivity contribution in [3.05, 3.63) is 45.1 Å². The van der Waals surface area contributed by atoms with Gasteiger partial charge in [-0.2, -0.15) is 4.98 Å². The lowest BCUT2D eigenvalue weighted by molar-refractivity contribution is 0.415. The Labute approximate surface area is 118 Å². The summed E-state index contributed by atoms with van der Waals surface area (Å²) in [6.45, 7) is 0. The van der Waals surface area contributed by atoms with E-state index in [1.54, 1.807) is 26.3 Å². The van der Waals surface area contributed by atoms with Crippen molar-refractivity contribution in [2.75, 3.05) is 12.4 Å². The maximum atomic E-state index is 11.7. The minimum absolute atomic E-state index is 0.244. The Kier molecular flexibility index (Phi) is 2.98. The number of nitrogens with zero attached hydrogens (tertiary/aromatic N) is 2. The SMILES string of the molecule is COc1ccc(Nc2nc3c([nH]2)c(=O)[nH]c(=O)n3C)cc1. The van der Waals surface area contributed by atoms with E-state index in [1.165, 1.54) is 4.57 Å². The summed E-state index contributed by atoms with van der Waals surface area (Å²) in [6, 6.07) is 7.23. The predicted molar refractivity (Wildman–Crippen MR) is 78.2 cm³/mol. The van der Waals surface area contributed by atoms with Gasteiger partial charge >= 0.3 is 5.69 Å². The molecule has 0 saturated carbocycles. The molecule has 0 aliphatic carbocycles. The number of benzene rings is 1. The number of aromatic amines is 2. The summed E-state index contributed by atoms with van der Waals surface area (Å²) in [4.78, 5) is 32.5. The van der Waals surface area contributed by atoms with Crippen LogP contribution in [0.5, 0.6) is 5.75 Å². The van der Waals surface area contributed by atoms with Crippen molar-refractivity contribution in [1.29, 1.82) is 0 Å². The van der Waals surface area contributed by atoms with Crippen molar-refractivity contribution in [1.82, 2.24) is 19.5 Å². The van der Waals surface area contributed by atoms with Crippen molar-refractivity contribution < 1.29 is 4.74 Å². The minimum Gasteiger partial charge on any atom is -0.497 e. The number of nitrogens with one attached hydrogen (secondary N) is 3. The fourth-order valence-corrected chi connectivity index (χ4v) is 1.98. The van der Waals surface area contributed by atoms with Crippen LogP contribution in [0.1, 0.15) is 0 Å². The molecule has 3 N–H and O–H groups in total. The number of hydrogen-bond acceptors (Lipinski definition) is 5. The number of aromatic nitrogens is 4. The van der Waals surface area contributed by atoms with Crippen LogP contribution in [-0.2, 0) is 7.05 Å². The zero-order valence-corrected chi connectivity index (χ0v) is 11.4. The molecule has 0 radical (unpaired) electrons. The molecule has 8 heteroatoms. The van der Waals surface area contributed by atoms with Crippen LogP contribution < -0.4 is 21.3 Å². The van der Waals surface area contributed by atoms with E-state index in [0.717, 1.165) is 11.4 Å². The molecule has 3 aromatic rings. The van der Waals surface area contributed by atoms with E-state index in [9.17, 15) is 9.59 Å². The Morgan fingerprint density at radius 3 is 2.57 bits per heavy atom. The lowest BCUT2D eigenvalue weighted by Gasteiger charge is -2.03. The topological polar surface area (TPSA) is 105 Å². The summed E-state index contributed by atoms with van der Waals surface area (Å²) in [7, 11) is 3.13. The average Bonchev–Trinajstić information content (AvgIpc) is 2.90. The number of rotatable bonds is 3.